The van der Waals surface area contributed by atoms with Crippen molar-refractivity contribution in [1.29, 1.82) is 0 Å². The fourth-order valence-electron chi connectivity index (χ4n) is 3.85. The summed E-state index contributed by atoms with van der Waals surface area (Å²) >= 11 is 0. The molecule has 13 nitrogen and oxygen atoms in total. The highest BCUT2D eigenvalue weighted by Gasteiger charge is 2.54. The first kappa shape index (κ1) is 27.3. The van der Waals surface area contributed by atoms with Crippen molar-refractivity contribution in [3.63, 3.8) is 0 Å². The van der Waals surface area contributed by atoms with Crippen LogP contribution >= 0.6 is 0 Å². The van der Waals surface area contributed by atoms with E-state index in [4.69, 9.17) is 28.4 Å². The minimum Gasteiger partial charge on any atom is -0.501 e. The van der Waals surface area contributed by atoms with Crippen LogP contribution in [0.4, 0.5) is 0 Å². The van der Waals surface area contributed by atoms with Gasteiger partial charge < -0.3 is 33.5 Å². The minimum absolute atomic E-state index is 0.0566. The summed E-state index contributed by atoms with van der Waals surface area (Å²) in [5, 5.41) is 10.5. The molecule has 198 valence electrons. The van der Waals surface area contributed by atoms with Crippen molar-refractivity contribution in [2.75, 3.05) is 6.61 Å². The van der Waals surface area contributed by atoms with Gasteiger partial charge in [0.05, 0.1) is 0 Å². The molecule has 1 aliphatic heterocycles. The van der Waals surface area contributed by atoms with E-state index in [2.05, 4.69) is 0 Å². The molecular weight excluding hydrogens is 496 g/mol. The molecule has 1 saturated heterocycles. The zero-order valence-corrected chi connectivity index (χ0v) is 20.2. The van der Waals surface area contributed by atoms with E-state index >= 15 is 0 Å². The van der Waals surface area contributed by atoms with E-state index in [1.807, 2.05) is 0 Å². The Bertz CT molecular complexity index is 1170. The molecule has 3 rings (SSSR count). The number of carbonyl (C=O) groups is 6. The predicted molar refractivity (Wildman–Crippen MR) is 118 cm³/mol. The molecule has 2 aliphatic rings. The number of aliphatic hydroxyl groups excluding tert-OH is 1. The third kappa shape index (κ3) is 6.12. The molecule has 0 aromatic heterocycles. The summed E-state index contributed by atoms with van der Waals surface area (Å²) in [6.07, 6.45) is -7.80. The first-order valence-corrected chi connectivity index (χ1v) is 11.0. The lowest BCUT2D eigenvalue weighted by atomic mass is 9.92. The topological polar surface area (TPSA) is 178 Å². The number of fused-ring (bicyclic) bond motifs is 1. The number of hydrogen-bond donors (Lipinski definition) is 1. The molecule has 0 unspecified atom stereocenters. The minimum atomic E-state index is -1.79. The highest BCUT2D eigenvalue weighted by Crippen LogP contribution is 2.33. The van der Waals surface area contributed by atoms with Gasteiger partial charge >= 0.3 is 23.9 Å². The Hall–Kier alpha value is -4.26. The first-order chi connectivity index (χ1) is 17.4. The quantitative estimate of drug-likeness (QED) is 0.397. The Morgan fingerprint density at radius 1 is 0.784 bits per heavy atom. The Labute approximate surface area is 210 Å². The molecule has 0 saturated carbocycles. The van der Waals surface area contributed by atoms with Crippen LogP contribution in [0.3, 0.4) is 0 Å². The van der Waals surface area contributed by atoms with E-state index < -0.39 is 84.3 Å². The summed E-state index contributed by atoms with van der Waals surface area (Å²) < 4.78 is 32.1. The summed E-state index contributed by atoms with van der Waals surface area (Å²) in [5.41, 5.74) is -0.121. The van der Waals surface area contributed by atoms with Crippen molar-refractivity contribution in [2.45, 2.75) is 58.4 Å². The van der Waals surface area contributed by atoms with E-state index in [0.717, 1.165) is 27.7 Å². The van der Waals surface area contributed by atoms with Crippen LogP contribution in [0.2, 0.25) is 0 Å². The summed E-state index contributed by atoms with van der Waals surface area (Å²) in [4.78, 5) is 72.8. The zero-order chi connectivity index (χ0) is 27.4. The van der Waals surface area contributed by atoms with Crippen LogP contribution in [0.5, 0.6) is 0 Å². The summed E-state index contributed by atoms with van der Waals surface area (Å²) in [6, 6.07) is 5.69. The molecule has 1 aromatic carbocycles. The summed E-state index contributed by atoms with van der Waals surface area (Å²) in [6.45, 7) is 3.70. The lowest BCUT2D eigenvalue weighted by molar-refractivity contribution is -0.299. The average Bonchev–Trinajstić information content (AvgIpc) is 2.81. The van der Waals surface area contributed by atoms with Crippen LogP contribution in [0.25, 0.3) is 0 Å². The highest BCUT2D eigenvalue weighted by atomic mass is 16.7. The second-order valence-electron chi connectivity index (χ2n) is 8.07. The van der Waals surface area contributed by atoms with Gasteiger partial charge in [-0.25, -0.2) is 0 Å². The molecule has 13 heteroatoms. The number of esters is 4. The second-order valence-corrected chi connectivity index (χ2v) is 8.07. The molecule has 37 heavy (non-hydrogen) atoms. The average molecular weight is 520 g/mol. The van der Waals surface area contributed by atoms with Crippen molar-refractivity contribution in [1.82, 2.24) is 0 Å². The fourth-order valence-corrected chi connectivity index (χ4v) is 3.85. The van der Waals surface area contributed by atoms with E-state index in [1.54, 1.807) is 0 Å². The molecule has 1 fully saturated rings. The molecule has 1 N–H and O–H groups in total. The van der Waals surface area contributed by atoms with Gasteiger partial charge in [0.2, 0.25) is 35.5 Å². The Balaban J connectivity index is 2.06. The molecule has 1 aliphatic carbocycles. The van der Waals surface area contributed by atoms with Gasteiger partial charge in [0.15, 0.2) is 12.2 Å². The van der Waals surface area contributed by atoms with Gasteiger partial charge in [0, 0.05) is 38.8 Å². The van der Waals surface area contributed by atoms with Crippen LogP contribution in [0.15, 0.2) is 35.8 Å². The number of ketones is 2. The zero-order valence-electron chi connectivity index (χ0n) is 20.2. The van der Waals surface area contributed by atoms with Crippen LogP contribution < -0.4 is 0 Å². The fraction of sp³-hybridized carbons (Fsp3) is 0.417. The third-order valence-corrected chi connectivity index (χ3v) is 5.23. The molecule has 0 radical (unpaired) electrons. The van der Waals surface area contributed by atoms with Gasteiger partial charge in [0.25, 0.3) is 0 Å². The third-order valence-electron chi connectivity index (χ3n) is 5.23. The van der Waals surface area contributed by atoms with Crippen molar-refractivity contribution < 1.29 is 62.3 Å². The number of allylic oxidation sites excluding steroid dienone is 2. The number of hydrogen-bond acceptors (Lipinski definition) is 13. The van der Waals surface area contributed by atoms with E-state index in [-0.39, 0.29) is 11.1 Å². The molecular formula is C24H24O13. The maximum Gasteiger partial charge on any atom is 0.303 e. The maximum atomic E-state index is 13.1. The lowest BCUT2D eigenvalue weighted by Gasteiger charge is -2.44. The smallest absolute Gasteiger partial charge is 0.303 e. The summed E-state index contributed by atoms with van der Waals surface area (Å²) in [5.74, 6) is -6.94. The largest absolute Gasteiger partial charge is 0.501 e. The second kappa shape index (κ2) is 11.2. The monoisotopic (exact) mass is 520 g/mol. The van der Waals surface area contributed by atoms with Gasteiger partial charge in [-0.2, -0.15) is 0 Å². The molecule has 5 atom stereocenters. The molecule has 0 amide bonds. The van der Waals surface area contributed by atoms with Crippen molar-refractivity contribution in [2.24, 2.45) is 0 Å². The predicted octanol–water partition coefficient (Wildman–Crippen LogP) is 0.935. The Kier molecular flexibility index (Phi) is 8.28. The van der Waals surface area contributed by atoms with Gasteiger partial charge in [-0.15, -0.1) is 0 Å². The highest BCUT2D eigenvalue weighted by molar-refractivity contribution is 6.25. The van der Waals surface area contributed by atoms with Gasteiger partial charge in [-0.05, 0) is 0 Å². The van der Waals surface area contributed by atoms with Crippen molar-refractivity contribution in [3.05, 3.63) is 46.9 Å². The van der Waals surface area contributed by atoms with Crippen LogP contribution in [0.1, 0.15) is 48.4 Å². The number of ether oxygens (including phenoxy) is 6. The number of aliphatic hydroxyl groups is 1. The number of Topliss-reactive ketones (excluding diaryl/α,β-unsaturated/α-hetero) is 2. The molecule has 0 bridgehead atoms. The van der Waals surface area contributed by atoms with Crippen LogP contribution in [-0.4, -0.2) is 77.9 Å². The van der Waals surface area contributed by atoms with Crippen LogP contribution in [0, 0.1) is 0 Å². The normalized spacial score (nSPS) is 25.0. The van der Waals surface area contributed by atoms with E-state index in [0.29, 0.717) is 0 Å². The van der Waals surface area contributed by atoms with Gasteiger partial charge in [-0.1, -0.05) is 24.3 Å². The summed E-state index contributed by atoms with van der Waals surface area (Å²) in [7, 11) is 0. The van der Waals surface area contributed by atoms with Crippen molar-refractivity contribution >= 4 is 35.4 Å². The van der Waals surface area contributed by atoms with Crippen LogP contribution in [-0.2, 0) is 47.6 Å². The van der Waals surface area contributed by atoms with E-state index in [9.17, 15) is 33.9 Å². The van der Waals surface area contributed by atoms with Gasteiger partial charge in [-0.3, -0.25) is 28.8 Å². The molecule has 1 aromatic rings. The number of benzene rings is 1. The number of rotatable bonds is 7. The lowest BCUT2D eigenvalue weighted by Crippen LogP contribution is -2.63. The maximum absolute atomic E-state index is 13.1. The van der Waals surface area contributed by atoms with E-state index in [1.165, 1.54) is 24.3 Å². The number of carbonyl (C=O) groups excluding carboxylic acids is 6. The standard InChI is InChI=1S/C24H24O13/c1-10(25)32-9-16-20(33-11(2)26)22(34-12(3)27)23(35-13(4)28)24(36-16)37-21-18(30)15-8-6-5-7-14(15)17(29)19(21)31/h5-8,16,20,22-24,31H,9H2,1-4H3/t16-,20+,22-,23+,24-/m0/s1. The SMILES string of the molecule is CC(=O)OC[C@@H]1O[C@@H](OC2=C(O)C(=O)c3ccccc3C2=O)[C@H](OC(C)=O)[C@@H](OC(C)=O)[C@@H]1OC(C)=O. The molecule has 1 heterocycles. The molecule has 0 spiro atoms. The Morgan fingerprint density at radius 2 is 1.30 bits per heavy atom. The van der Waals surface area contributed by atoms with Crippen molar-refractivity contribution in [3.8, 4) is 0 Å². The first-order valence-electron chi connectivity index (χ1n) is 11.0. The Morgan fingerprint density at radius 3 is 1.84 bits per heavy atom. The van der Waals surface area contributed by atoms with Gasteiger partial charge in [0.1, 0.15) is 12.7 Å².